The molecule has 2 aromatic carbocycles. The Labute approximate surface area is 174 Å². The molecule has 0 aromatic heterocycles. The molecule has 11 heteroatoms. The first-order valence-corrected chi connectivity index (χ1v) is 9.15. The first kappa shape index (κ1) is 20.4. The first-order valence-electron chi connectivity index (χ1n) is 9.15. The Hall–Kier alpha value is -3.89. The summed E-state index contributed by atoms with van der Waals surface area (Å²) in [5.41, 5.74) is -0.690. The van der Waals surface area contributed by atoms with Crippen LogP contribution in [-0.4, -0.2) is 42.7 Å². The van der Waals surface area contributed by atoms with Crippen LogP contribution in [0, 0.1) is 0 Å². The fourth-order valence-electron chi connectivity index (χ4n) is 3.32. The number of imide groups is 1. The topological polar surface area (TPSA) is 106 Å². The van der Waals surface area contributed by atoms with E-state index in [1.54, 1.807) is 18.2 Å². The molecule has 0 aliphatic carbocycles. The summed E-state index contributed by atoms with van der Waals surface area (Å²) in [5, 5.41) is 5.14. The van der Waals surface area contributed by atoms with E-state index in [1.807, 2.05) is 0 Å². The molecule has 1 atom stereocenters. The summed E-state index contributed by atoms with van der Waals surface area (Å²) in [6.45, 7) is -1.94. The quantitative estimate of drug-likeness (QED) is 0.678. The number of urea groups is 1. The fraction of sp³-hybridized carbons (Fsp3) is 0.250. The molecule has 2 aromatic rings. The minimum atomic E-state index is -2.98. The van der Waals surface area contributed by atoms with Crippen LogP contribution in [0.5, 0.6) is 17.2 Å². The number of halogens is 2. The van der Waals surface area contributed by atoms with E-state index in [4.69, 9.17) is 9.47 Å². The molecule has 4 amide bonds. The van der Waals surface area contributed by atoms with Crippen molar-refractivity contribution in [1.82, 2.24) is 10.2 Å². The van der Waals surface area contributed by atoms with Gasteiger partial charge in [0.2, 0.25) is 12.7 Å². The van der Waals surface area contributed by atoms with E-state index in [2.05, 4.69) is 15.4 Å². The number of hydrogen-bond acceptors (Lipinski definition) is 6. The van der Waals surface area contributed by atoms with Crippen LogP contribution >= 0.6 is 0 Å². The highest BCUT2D eigenvalue weighted by Crippen LogP contribution is 2.34. The summed E-state index contributed by atoms with van der Waals surface area (Å²) in [4.78, 5) is 38.5. The molecular weight excluding hydrogens is 416 g/mol. The molecule has 1 saturated heterocycles. The number of nitrogens with one attached hydrogen (secondary N) is 2. The molecule has 2 heterocycles. The van der Waals surface area contributed by atoms with Gasteiger partial charge in [0.25, 0.3) is 5.91 Å². The van der Waals surface area contributed by atoms with E-state index in [9.17, 15) is 23.2 Å². The SMILES string of the molecule is C[C@@]1(c2ccc(OC(F)F)cc2)NC(=O)N(CC(=O)Nc2ccc3c(c2)OCO3)C1=O. The Bertz CT molecular complexity index is 1050. The average Bonchev–Trinajstić information content (AvgIpc) is 3.26. The molecule has 4 rings (SSSR count). The molecule has 0 spiro atoms. The molecule has 2 aliphatic heterocycles. The summed E-state index contributed by atoms with van der Waals surface area (Å²) < 4.78 is 39.4. The van der Waals surface area contributed by atoms with Crippen LogP contribution in [-0.2, 0) is 15.1 Å². The summed E-state index contributed by atoms with van der Waals surface area (Å²) >= 11 is 0. The Balaban J connectivity index is 1.44. The van der Waals surface area contributed by atoms with Crippen molar-refractivity contribution in [3.8, 4) is 17.2 Å². The number of carbonyl (C=O) groups excluding carboxylic acids is 3. The summed E-state index contributed by atoms with van der Waals surface area (Å²) in [6.07, 6.45) is 0. The van der Waals surface area contributed by atoms with Crippen LogP contribution < -0.4 is 24.8 Å². The highest BCUT2D eigenvalue weighted by molar-refractivity contribution is 6.10. The van der Waals surface area contributed by atoms with Crippen LogP contribution in [0.15, 0.2) is 42.5 Å². The van der Waals surface area contributed by atoms with Crippen molar-refractivity contribution in [2.75, 3.05) is 18.7 Å². The lowest BCUT2D eigenvalue weighted by molar-refractivity contribution is -0.133. The van der Waals surface area contributed by atoms with E-state index in [-0.39, 0.29) is 12.5 Å². The third-order valence-corrected chi connectivity index (χ3v) is 4.89. The largest absolute Gasteiger partial charge is 0.454 e. The van der Waals surface area contributed by atoms with Crippen LogP contribution in [0.25, 0.3) is 0 Å². The van der Waals surface area contributed by atoms with Crippen molar-refractivity contribution < 1.29 is 37.4 Å². The Kier molecular flexibility index (Phi) is 5.09. The molecule has 31 heavy (non-hydrogen) atoms. The van der Waals surface area contributed by atoms with Gasteiger partial charge in [-0.25, -0.2) is 4.79 Å². The van der Waals surface area contributed by atoms with Crippen molar-refractivity contribution in [2.24, 2.45) is 0 Å². The van der Waals surface area contributed by atoms with Gasteiger partial charge in [0.15, 0.2) is 11.5 Å². The molecule has 0 radical (unpaired) electrons. The van der Waals surface area contributed by atoms with Crippen molar-refractivity contribution in [2.45, 2.75) is 19.1 Å². The fourth-order valence-corrected chi connectivity index (χ4v) is 3.32. The molecule has 0 unspecified atom stereocenters. The average molecular weight is 433 g/mol. The molecule has 9 nitrogen and oxygen atoms in total. The zero-order valence-electron chi connectivity index (χ0n) is 16.2. The maximum absolute atomic E-state index is 12.9. The van der Waals surface area contributed by atoms with Gasteiger partial charge in [-0.1, -0.05) is 12.1 Å². The number of amides is 4. The molecule has 2 aliphatic rings. The van der Waals surface area contributed by atoms with Crippen LogP contribution in [0.3, 0.4) is 0 Å². The van der Waals surface area contributed by atoms with E-state index in [0.717, 1.165) is 4.90 Å². The van der Waals surface area contributed by atoms with Crippen LogP contribution in [0.2, 0.25) is 0 Å². The third kappa shape index (κ3) is 3.93. The number of benzene rings is 2. The monoisotopic (exact) mass is 433 g/mol. The van der Waals surface area contributed by atoms with Crippen LogP contribution in [0.1, 0.15) is 12.5 Å². The van der Waals surface area contributed by atoms with Crippen molar-refractivity contribution >= 4 is 23.5 Å². The highest BCUT2D eigenvalue weighted by atomic mass is 19.3. The maximum Gasteiger partial charge on any atom is 0.387 e. The Morgan fingerprint density at radius 2 is 1.90 bits per heavy atom. The third-order valence-electron chi connectivity index (χ3n) is 4.89. The summed E-state index contributed by atoms with van der Waals surface area (Å²) in [6, 6.07) is 9.37. The Morgan fingerprint density at radius 1 is 1.19 bits per heavy atom. The molecule has 1 fully saturated rings. The number of anilines is 1. The number of ether oxygens (including phenoxy) is 3. The second kappa shape index (κ2) is 7.74. The van der Waals surface area contributed by atoms with Gasteiger partial charge in [0.1, 0.15) is 17.8 Å². The van der Waals surface area contributed by atoms with Gasteiger partial charge in [-0.05, 0) is 36.8 Å². The molecule has 0 bridgehead atoms. The number of fused-ring (bicyclic) bond motifs is 1. The summed E-state index contributed by atoms with van der Waals surface area (Å²) in [7, 11) is 0. The van der Waals surface area contributed by atoms with Gasteiger partial charge in [-0.3, -0.25) is 14.5 Å². The predicted octanol–water partition coefficient (Wildman–Crippen LogP) is 2.42. The lowest BCUT2D eigenvalue weighted by Crippen LogP contribution is -2.42. The predicted molar refractivity (Wildman–Crippen MR) is 102 cm³/mol. The number of rotatable bonds is 6. The van der Waals surface area contributed by atoms with Crippen molar-refractivity contribution in [3.05, 3.63) is 48.0 Å². The van der Waals surface area contributed by atoms with Gasteiger partial charge >= 0.3 is 12.6 Å². The second-order valence-electron chi connectivity index (χ2n) is 6.97. The van der Waals surface area contributed by atoms with Gasteiger partial charge in [-0.2, -0.15) is 8.78 Å². The van der Waals surface area contributed by atoms with E-state index < -0.39 is 36.5 Å². The first-order chi connectivity index (χ1) is 14.8. The van der Waals surface area contributed by atoms with Crippen molar-refractivity contribution in [1.29, 1.82) is 0 Å². The molecule has 162 valence electrons. The highest BCUT2D eigenvalue weighted by Gasteiger charge is 2.49. The Morgan fingerprint density at radius 3 is 2.61 bits per heavy atom. The number of alkyl halides is 2. The van der Waals surface area contributed by atoms with Gasteiger partial charge in [0.05, 0.1) is 0 Å². The van der Waals surface area contributed by atoms with E-state index >= 15 is 0 Å². The normalized spacial score (nSPS) is 19.5. The van der Waals surface area contributed by atoms with E-state index in [1.165, 1.54) is 31.2 Å². The van der Waals surface area contributed by atoms with Crippen molar-refractivity contribution in [3.63, 3.8) is 0 Å². The number of carbonyl (C=O) groups is 3. The smallest absolute Gasteiger partial charge is 0.387 e. The van der Waals surface area contributed by atoms with E-state index in [0.29, 0.717) is 22.7 Å². The minimum absolute atomic E-state index is 0.0842. The lowest BCUT2D eigenvalue weighted by atomic mass is 9.92. The zero-order chi connectivity index (χ0) is 22.2. The molecular formula is C20H17F2N3O6. The maximum atomic E-state index is 12.9. The number of hydrogen-bond donors (Lipinski definition) is 2. The second-order valence-corrected chi connectivity index (χ2v) is 6.97. The molecule has 0 saturated carbocycles. The zero-order valence-corrected chi connectivity index (χ0v) is 16.2. The van der Waals surface area contributed by atoms with Gasteiger partial charge in [0, 0.05) is 11.8 Å². The molecule has 2 N–H and O–H groups in total. The standard InChI is InChI=1S/C20H17F2N3O6/c1-20(11-2-5-13(6-3-11)31-18(21)22)17(27)25(19(28)24-20)9-16(26)23-12-4-7-14-15(8-12)30-10-29-14/h2-8,18H,9-10H2,1H3,(H,23,26)(H,24,28)/t20-/m0/s1. The minimum Gasteiger partial charge on any atom is -0.454 e. The lowest BCUT2D eigenvalue weighted by Gasteiger charge is -2.22. The summed E-state index contributed by atoms with van der Waals surface area (Å²) in [5.74, 6) is -0.306. The van der Waals surface area contributed by atoms with Gasteiger partial charge in [-0.15, -0.1) is 0 Å². The van der Waals surface area contributed by atoms with Gasteiger partial charge < -0.3 is 24.8 Å². The number of nitrogens with zero attached hydrogens (tertiary/aromatic N) is 1. The van der Waals surface area contributed by atoms with Crippen LogP contribution in [0.4, 0.5) is 19.3 Å².